The Hall–Kier alpha value is -0.890. The van der Waals surface area contributed by atoms with Crippen molar-refractivity contribution in [2.45, 2.75) is 38.0 Å². The van der Waals surface area contributed by atoms with Crippen LogP contribution in [0.4, 0.5) is 0 Å². The van der Waals surface area contributed by atoms with Crippen LogP contribution in [-0.2, 0) is 5.41 Å². The molecule has 0 radical (unpaired) electrons. The van der Waals surface area contributed by atoms with Gasteiger partial charge in [-0.25, -0.2) is 0 Å². The number of hydrogen-bond donors (Lipinski definition) is 1. The summed E-state index contributed by atoms with van der Waals surface area (Å²) in [4.78, 5) is 4.20. The van der Waals surface area contributed by atoms with Crippen LogP contribution in [0.25, 0.3) is 0 Å². The number of pyridine rings is 1. The van der Waals surface area contributed by atoms with Crippen LogP contribution in [0, 0.1) is 5.92 Å². The van der Waals surface area contributed by atoms with E-state index in [-0.39, 0.29) is 5.41 Å². The standard InChI is InChI=1S/C13H20N2/c1-2-4-11-7-13(8-11,10-14)12-5-3-6-15-9-12/h3,5-6,9,11H,2,4,7-8,10,14H2,1H3. The Morgan fingerprint density at radius 3 is 2.87 bits per heavy atom. The molecular weight excluding hydrogens is 184 g/mol. The van der Waals surface area contributed by atoms with E-state index in [1.807, 2.05) is 18.5 Å². The minimum atomic E-state index is 0.244. The summed E-state index contributed by atoms with van der Waals surface area (Å²) in [5, 5.41) is 0. The molecule has 1 aromatic heterocycles. The van der Waals surface area contributed by atoms with Gasteiger partial charge in [0.05, 0.1) is 0 Å². The zero-order valence-corrected chi connectivity index (χ0v) is 9.45. The Kier molecular flexibility index (Phi) is 3.06. The second kappa shape index (κ2) is 4.31. The molecule has 0 saturated heterocycles. The van der Waals surface area contributed by atoms with Gasteiger partial charge in [0.2, 0.25) is 0 Å². The third-order valence-corrected chi connectivity index (χ3v) is 3.72. The molecule has 2 nitrogen and oxygen atoms in total. The second-order valence-corrected chi connectivity index (χ2v) is 4.79. The van der Waals surface area contributed by atoms with Gasteiger partial charge >= 0.3 is 0 Å². The molecule has 0 bridgehead atoms. The third-order valence-electron chi connectivity index (χ3n) is 3.72. The minimum absolute atomic E-state index is 0.244. The van der Waals surface area contributed by atoms with Crippen LogP contribution in [0.3, 0.4) is 0 Å². The quantitative estimate of drug-likeness (QED) is 0.818. The van der Waals surface area contributed by atoms with E-state index in [4.69, 9.17) is 5.73 Å². The van der Waals surface area contributed by atoms with Gasteiger partial charge in [-0.15, -0.1) is 0 Å². The molecule has 0 aliphatic heterocycles. The van der Waals surface area contributed by atoms with Crippen molar-refractivity contribution in [2.24, 2.45) is 11.7 Å². The Morgan fingerprint density at radius 2 is 2.33 bits per heavy atom. The van der Waals surface area contributed by atoms with Crippen LogP contribution >= 0.6 is 0 Å². The maximum atomic E-state index is 5.93. The van der Waals surface area contributed by atoms with E-state index >= 15 is 0 Å². The van der Waals surface area contributed by atoms with E-state index in [1.54, 1.807) is 0 Å². The van der Waals surface area contributed by atoms with Gasteiger partial charge in [0, 0.05) is 24.4 Å². The van der Waals surface area contributed by atoms with Crippen molar-refractivity contribution >= 4 is 0 Å². The topological polar surface area (TPSA) is 38.9 Å². The van der Waals surface area contributed by atoms with Crippen molar-refractivity contribution in [3.8, 4) is 0 Å². The van der Waals surface area contributed by atoms with Gasteiger partial charge in [-0.05, 0) is 30.4 Å². The molecule has 15 heavy (non-hydrogen) atoms. The lowest BCUT2D eigenvalue weighted by molar-refractivity contribution is 0.138. The first kappa shape index (κ1) is 10.6. The van der Waals surface area contributed by atoms with E-state index in [0.29, 0.717) is 0 Å². The fourth-order valence-electron chi connectivity index (χ4n) is 2.85. The van der Waals surface area contributed by atoms with E-state index in [1.165, 1.54) is 31.2 Å². The predicted octanol–water partition coefficient (Wildman–Crippen LogP) is 2.49. The number of nitrogens with two attached hydrogens (primary N) is 1. The molecule has 1 saturated carbocycles. The van der Waals surface area contributed by atoms with E-state index in [2.05, 4.69) is 18.0 Å². The highest BCUT2D eigenvalue weighted by molar-refractivity contribution is 5.26. The molecule has 1 heterocycles. The second-order valence-electron chi connectivity index (χ2n) is 4.79. The summed E-state index contributed by atoms with van der Waals surface area (Å²) in [7, 11) is 0. The molecule has 0 unspecified atom stereocenters. The Bertz CT molecular complexity index is 302. The molecular formula is C13H20N2. The normalized spacial score (nSPS) is 29.9. The molecule has 2 rings (SSSR count). The first-order valence-electron chi connectivity index (χ1n) is 5.91. The van der Waals surface area contributed by atoms with Crippen molar-refractivity contribution in [1.82, 2.24) is 4.98 Å². The van der Waals surface area contributed by atoms with Crippen molar-refractivity contribution in [3.05, 3.63) is 30.1 Å². The van der Waals surface area contributed by atoms with Gasteiger partial charge in [0.1, 0.15) is 0 Å². The van der Waals surface area contributed by atoms with Crippen LogP contribution < -0.4 is 5.73 Å². The number of aromatic nitrogens is 1. The van der Waals surface area contributed by atoms with Crippen LogP contribution in [-0.4, -0.2) is 11.5 Å². The van der Waals surface area contributed by atoms with Gasteiger partial charge in [-0.1, -0.05) is 25.8 Å². The fourth-order valence-corrected chi connectivity index (χ4v) is 2.85. The molecule has 1 aliphatic rings. The molecule has 2 N–H and O–H groups in total. The summed E-state index contributed by atoms with van der Waals surface area (Å²) in [5.41, 5.74) is 7.51. The van der Waals surface area contributed by atoms with Crippen molar-refractivity contribution in [3.63, 3.8) is 0 Å². The zero-order valence-electron chi connectivity index (χ0n) is 9.45. The SMILES string of the molecule is CCCC1CC(CN)(c2cccnc2)C1. The lowest BCUT2D eigenvalue weighted by Gasteiger charge is -2.47. The molecule has 1 aliphatic carbocycles. The highest BCUT2D eigenvalue weighted by atomic mass is 14.7. The predicted molar refractivity (Wildman–Crippen MR) is 62.6 cm³/mol. The van der Waals surface area contributed by atoms with Gasteiger partial charge in [-0.2, -0.15) is 0 Å². The average molecular weight is 204 g/mol. The summed E-state index contributed by atoms with van der Waals surface area (Å²) in [6, 6.07) is 4.18. The first-order valence-corrected chi connectivity index (χ1v) is 5.91. The number of hydrogen-bond acceptors (Lipinski definition) is 2. The molecule has 0 spiro atoms. The Balaban J connectivity index is 2.07. The molecule has 0 amide bonds. The number of nitrogens with zero attached hydrogens (tertiary/aromatic N) is 1. The smallest absolute Gasteiger partial charge is 0.0306 e. The summed E-state index contributed by atoms with van der Waals surface area (Å²) >= 11 is 0. The van der Waals surface area contributed by atoms with Gasteiger partial charge in [0.25, 0.3) is 0 Å². The van der Waals surface area contributed by atoms with Crippen LogP contribution in [0.5, 0.6) is 0 Å². The molecule has 1 fully saturated rings. The average Bonchev–Trinajstić information content (AvgIpc) is 2.24. The lowest BCUT2D eigenvalue weighted by Crippen LogP contribution is -2.47. The van der Waals surface area contributed by atoms with E-state index in [9.17, 15) is 0 Å². The van der Waals surface area contributed by atoms with Crippen molar-refractivity contribution in [2.75, 3.05) is 6.54 Å². The Labute approximate surface area is 91.9 Å². The minimum Gasteiger partial charge on any atom is -0.330 e. The molecule has 1 aromatic rings. The molecule has 0 atom stereocenters. The van der Waals surface area contributed by atoms with Gasteiger partial charge in [0.15, 0.2) is 0 Å². The molecule has 82 valence electrons. The molecule has 0 aromatic carbocycles. The number of rotatable bonds is 4. The summed E-state index contributed by atoms with van der Waals surface area (Å²) < 4.78 is 0. The maximum Gasteiger partial charge on any atom is 0.0306 e. The fraction of sp³-hybridized carbons (Fsp3) is 0.615. The first-order chi connectivity index (χ1) is 7.30. The largest absolute Gasteiger partial charge is 0.330 e. The maximum absolute atomic E-state index is 5.93. The third kappa shape index (κ3) is 1.91. The van der Waals surface area contributed by atoms with Gasteiger partial charge < -0.3 is 5.73 Å². The van der Waals surface area contributed by atoms with E-state index < -0.39 is 0 Å². The summed E-state index contributed by atoms with van der Waals surface area (Å²) in [6.45, 7) is 3.02. The van der Waals surface area contributed by atoms with Crippen LogP contribution in [0.15, 0.2) is 24.5 Å². The van der Waals surface area contributed by atoms with Crippen molar-refractivity contribution in [1.29, 1.82) is 0 Å². The van der Waals surface area contributed by atoms with Crippen molar-refractivity contribution < 1.29 is 0 Å². The van der Waals surface area contributed by atoms with Crippen LogP contribution in [0.2, 0.25) is 0 Å². The summed E-state index contributed by atoms with van der Waals surface area (Å²) in [6.07, 6.45) is 8.96. The highest BCUT2D eigenvalue weighted by Crippen LogP contribution is 2.48. The van der Waals surface area contributed by atoms with E-state index in [0.717, 1.165) is 12.5 Å². The lowest BCUT2D eigenvalue weighted by atomic mass is 9.58. The monoisotopic (exact) mass is 204 g/mol. The zero-order chi connectivity index (χ0) is 10.7. The Morgan fingerprint density at radius 1 is 1.53 bits per heavy atom. The highest BCUT2D eigenvalue weighted by Gasteiger charge is 2.43. The van der Waals surface area contributed by atoms with Gasteiger partial charge in [-0.3, -0.25) is 4.98 Å². The van der Waals surface area contributed by atoms with Crippen LogP contribution in [0.1, 0.15) is 38.2 Å². The summed E-state index contributed by atoms with van der Waals surface area (Å²) in [5.74, 6) is 0.888. The molecule has 2 heteroatoms.